The second-order valence-corrected chi connectivity index (χ2v) is 9.23. The van der Waals surface area contributed by atoms with Crippen LogP contribution in [-0.2, 0) is 13.0 Å². The van der Waals surface area contributed by atoms with Gasteiger partial charge in [-0.15, -0.1) is 11.8 Å². The fourth-order valence-corrected chi connectivity index (χ4v) is 5.13. The Labute approximate surface area is 214 Å². The largest absolute Gasteiger partial charge is 0.493 e. The Morgan fingerprint density at radius 2 is 1.83 bits per heavy atom. The number of carbonyl (C=O) groups excluding carboxylic acids is 1. The average molecular weight is 508 g/mol. The maximum atomic E-state index is 13.2. The Balaban J connectivity index is 1.91. The number of fused-ring (bicyclic) bond motifs is 3. The van der Waals surface area contributed by atoms with E-state index in [0.717, 1.165) is 16.7 Å². The van der Waals surface area contributed by atoms with Crippen molar-refractivity contribution in [2.75, 3.05) is 27.6 Å². The minimum atomic E-state index is -0.436. The number of amides is 1. The van der Waals surface area contributed by atoms with Crippen LogP contribution < -0.4 is 25.0 Å². The summed E-state index contributed by atoms with van der Waals surface area (Å²) in [5, 5.41) is 12.6. The van der Waals surface area contributed by atoms with E-state index in [1.807, 2.05) is 18.4 Å². The summed E-state index contributed by atoms with van der Waals surface area (Å²) in [5.74, 6) is 1.25. The normalized spacial score (nSPS) is 14.2. The predicted octanol–water partition coefficient (Wildman–Crippen LogP) is 4.37. The molecule has 0 saturated carbocycles. The maximum absolute atomic E-state index is 13.2. The number of aliphatic hydroxyl groups excluding tert-OH is 1. The van der Waals surface area contributed by atoms with E-state index in [1.165, 1.54) is 11.8 Å². The van der Waals surface area contributed by atoms with Gasteiger partial charge in [0.2, 0.25) is 5.75 Å². The highest BCUT2D eigenvalue weighted by Crippen LogP contribution is 2.50. The van der Waals surface area contributed by atoms with E-state index >= 15 is 0 Å². The lowest BCUT2D eigenvalue weighted by atomic mass is 9.95. The van der Waals surface area contributed by atoms with E-state index in [-0.39, 0.29) is 17.9 Å². The van der Waals surface area contributed by atoms with Gasteiger partial charge in [-0.3, -0.25) is 9.59 Å². The third-order valence-corrected chi connectivity index (χ3v) is 7.17. The van der Waals surface area contributed by atoms with Crippen molar-refractivity contribution in [3.8, 4) is 28.4 Å². The number of benzene rings is 2. The molecule has 0 spiro atoms. The Morgan fingerprint density at radius 3 is 2.50 bits per heavy atom. The van der Waals surface area contributed by atoms with Crippen molar-refractivity contribution in [3.63, 3.8) is 0 Å². The molecule has 0 heterocycles. The summed E-state index contributed by atoms with van der Waals surface area (Å²) in [6, 6.07) is 13.7. The number of hydrogen-bond donors (Lipinski definition) is 2. The molecular weight excluding hydrogens is 478 g/mol. The molecule has 0 fully saturated rings. The Hall–Kier alpha value is -3.49. The number of rotatable bonds is 7. The molecule has 1 amide bonds. The second-order valence-electron chi connectivity index (χ2n) is 8.38. The van der Waals surface area contributed by atoms with Crippen molar-refractivity contribution in [1.29, 1.82) is 0 Å². The Bertz CT molecular complexity index is 1360. The van der Waals surface area contributed by atoms with E-state index in [1.54, 1.807) is 57.7 Å². The van der Waals surface area contributed by atoms with Crippen molar-refractivity contribution >= 4 is 17.7 Å². The van der Waals surface area contributed by atoms with Crippen LogP contribution in [0, 0.1) is 0 Å². The van der Waals surface area contributed by atoms with Crippen LogP contribution in [-0.4, -0.2) is 38.6 Å². The zero-order valence-electron chi connectivity index (χ0n) is 20.7. The smallest absolute Gasteiger partial charge is 0.251 e. The molecule has 3 aromatic rings. The molecule has 188 valence electrons. The van der Waals surface area contributed by atoms with Crippen LogP contribution in [0.1, 0.15) is 39.5 Å². The fraction of sp³-hybridized carbons (Fsp3) is 0.286. The summed E-state index contributed by atoms with van der Waals surface area (Å²) >= 11 is 1.37. The van der Waals surface area contributed by atoms with Crippen molar-refractivity contribution < 1.29 is 24.1 Å². The van der Waals surface area contributed by atoms with Crippen LogP contribution >= 0.6 is 11.8 Å². The van der Waals surface area contributed by atoms with Crippen LogP contribution in [0.2, 0.25) is 0 Å². The first kappa shape index (κ1) is 25.6. The molecule has 0 saturated heterocycles. The molecule has 1 atom stereocenters. The molecule has 36 heavy (non-hydrogen) atoms. The van der Waals surface area contributed by atoms with Crippen LogP contribution in [0.4, 0.5) is 0 Å². The molecule has 2 N–H and O–H groups in total. The van der Waals surface area contributed by atoms with E-state index in [9.17, 15) is 14.7 Å². The first-order chi connectivity index (χ1) is 17.4. The molecular formula is C28H29NO6S. The standard InChI is InChI=1S/C28H29NO6S/c1-33-23-13-17-8-10-21(29-28(32)18-7-5-6-16(12-18)15-30)20-14-22(31)24(36-4)11-9-19(20)25(17)27(35-3)26(23)34-2/h5-7,9,11-14,21,30H,8,10,15H2,1-4H3,(H,29,32)/t21-/m0/s1. The molecule has 7 nitrogen and oxygen atoms in total. The van der Waals surface area contributed by atoms with Crippen LogP contribution in [0.5, 0.6) is 17.2 Å². The zero-order valence-corrected chi connectivity index (χ0v) is 21.5. The number of ether oxygens (including phenoxy) is 3. The van der Waals surface area contributed by atoms with Crippen molar-refractivity contribution in [2.24, 2.45) is 0 Å². The highest BCUT2D eigenvalue weighted by molar-refractivity contribution is 7.98. The summed E-state index contributed by atoms with van der Waals surface area (Å²) < 4.78 is 17.0. The van der Waals surface area contributed by atoms with Gasteiger partial charge in [0.05, 0.1) is 38.9 Å². The van der Waals surface area contributed by atoms with Crippen molar-refractivity contribution in [1.82, 2.24) is 5.32 Å². The highest BCUT2D eigenvalue weighted by Gasteiger charge is 2.30. The monoisotopic (exact) mass is 507 g/mol. The van der Waals surface area contributed by atoms with Gasteiger partial charge in [-0.1, -0.05) is 18.2 Å². The summed E-state index contributed by atoms with van der Waals surface area (Å²) in [6.45, 7) is -0.154. The highest BCUT2D eigenvalue weighted by atomic mass is 32.2. The van der Waals surface area contributed by atoms with Crippen LogP contribution in [0.25, 0.3) is 11.1 Å². The molecule has 8 heteroatoms. The third kappa shape index (κ3) is 4.79. The van der Waals surface area contributed by atoms with Gasteiger partial charge >= 0.3 is 0 Å². The molecule has 3 aromatic carbocycles. The molecule has 1 aliphatic carbocycles. The van der Waals surface area contributed by atoms with Crippen molar-refractivity contribution in [3.05, 3.63) is 81.0 Å². The summed E-state index contributed by atoms with van der Waals surface area (Å²) in [5.41, 5.74) is 4.24. The molecule has 0 unspecified atom stereocenters. The van der Waals surface area contributed by atoms with E-state index < -0.39 is 6.04 Å². The molecule has 0 aliphatic heterocycles. The fourth-order valence-electron chi connectivity index (χ4n) is 4.67. The zero-order chi connectivity index (χ0) is 25.8. The molecule has 0 radical (unpaired) electrons. The third-order valence-electron chi connectivity index (χ3n) is 6.40. The number of thioether (sulfide) groups is 1. The van der Waals surface area contributed by atoms with Gasteiger partial charge in [-0.2, -0.15) is 0 Å². The van der Waals surface area contributed by atoms with Crippen molar-refractivity contribution in [2.45, 2.75) is 30.4 Å². The molecule has 0 bridgehead atoms. The number of aliphatic hydroxyl groups is 1. The van der Waals surface area contributed by atoms with Gasteiger partial charge in [-0.25, -0.2) is 0 Å². The number of nitrogens with one attached hydrogen (secondary N) is 1. The number of carbonyl (C=O) groups is 1. The van der Waals surface area contributed by atoms with Crippen LogP contribution in [0.15, 0.2) is 58.2 Å². The minimum Gasteiger partial charge on any atom is -0.493 e. The molecule has 1 aliphatic rings. The maximum Gasteiger partial charge on any atom is 0.251 e. The first-order valence-corrected chi connectivity index (χ1v) is 12.7. The van der Waals surface area contributed by atoms with Gasteiger partial charge in [0.25, 0.3) is 5.91 Å². The van der Waals surface area contributed by atoms with Crippen LogP contribution in [0.3, 0.4) is 0 Å². The van der Waals surface area contributed by atoms with Gasteiger partial charge < -0.3 is 24.6 Å². The Morgan fingerprint density at radius 1 is 1.06 bits per heavy atom. The predicted molar refractivity (Wildman–Crippen MR) is 140 cm³/mol. The van der Waals surface area contributed by atoms with E-state index in [0.29, 0.717) is 51.7 Å². The number of methoxy groups -OCH3 is 3. The minimum absolute atomic E-state index is 0.117. The molecule has 4 rings (SSSR count). The van der Waals surface area contributed by atoms with Gasteiger partial charge in [-0.05, 0) is 71.7 Å². The summed E-state index contributed by atoms with van der Waals surface area (Å²) in [6.07, 6.45) is 3.02. The van der Waals surface area contributed by atoms with E-state index in [2.05, 4.69) is 5.32 Å². The average Bonchev–Trinajstić information content (AvgIpc) is 3.15. The molecule has 0 aromatic heterocycles. The van der Waals surface area contributed by atoms with Gasteiger partial charge in [0, 0.05) is 11.1 Å². The summed E-state index contributed by atoms with van der Waals surface area (Å²) in [7, 11) is 4.71. The topological polar surface area (TPSA) is 94.1 Å². The Kier molecular flexibility index (Phi) is 7.86. The van der Waals surface area contributed by atoms with Gasteiger partial charge in [0.15, 0.2) is 16.9 Å². The summed E-state index contributed by atoms with van der Waals surface area (Å²) in [4.78, 5) is 26.9. The SMILES string of the molecule is COc1cc2c(c(OC)c1OC)-c1ccc(SC)c(=O)cc1[C@@H](NC(=O)c1cccc(CO)c1)CC2. The lowest BCUT2D eigenvalue weighted by molar-refractivity contribution is 0.0934. The first-order valence-electron chi connectivity index (χ1n) is 11.5. The number of aryl methyl sites for hydroxylation is 1. The second kappa shape index (κ2) is 11.1. The lowest BCUT2D eigenvalue weighted by Gasteiger charge is -2.20. The number of hydrogen-bond acceptors (Lipinski definition) is 7. The van der Waals surface area contributed by atoms with Gasteiger partial charge in [0.1, 0.15) is 0 Å². The van der Waals surface area contributed by atoms with E-state index in [4.69, 9.17) is 14.2 Å². The lowest BCUT2D eigenvalue weighted by Crippen LogP contribution is -2.29. The quantitative estimate of drug-likeness (QED) is 0.459.